The van der Waals surface area contributed by atoms with Gasteiger partial charge in [0.25, 0.3) is 0 Å². The Morgan fingerprint density at radius 3 is 3.00 bits per heavy atom. The van der Waals surface area contributed by atoms with Gasteiger partial charge in [-0.3, -0.25) is 4.21 Å². The summed E-state index contributed by atoms with van der Waals surface area (Å²) in [5.41, 5.74) is 0. The molecule has 5 nitrogen and oxygen atoms in total. The van der Waals surface area contributed by atoms with Crippen LogP contribution in [-0.4, -0.2) is 36.4 Å². The first kappa shape index (κ1) is 7.33. The molecule has 6 heteroatoms. The minimum atomic E-state index is -0.779. The first-order valence-electron chi connectivity index (χ1n) is 2.80. The lowest BCUT2D eigenvalue weighted by Crippen LogP contribution is -2.09. The smallest absolute Gasteiger partial charge is 0.162 e. The predicted molar refractivity (Wildman–Crippen MR) is 36.8 cm³/mol. The molecule has 0 aromatic carbocycles. The molecule has 1 rings (SSSR count). The van der Waals surface area contributed by atoms with Crippen molar-refractivity contribution in [1.82, 2.24) is 20.2 Å². The van der Waals surface area contributed by atoms with Gasteiger partial charge in [-0.1, -0.05) is 0 Å². The lowest BCUT2D eigenvalue weighted by Gasteiger charge is -1.93. The van der Waals surface area contributed by atoms with Crippen molar-refractivity contribution in [3.8, 4) is 0 Å². The van der Waals surface area contributed by atoms with Crippen LogP contribution in [0.5, 0.6) is 0 Å². The summed E-state index contributed by atoms with van der Waals surface area (Å²) in [7, 11) is -0.779. The number of aromatic nitrogens is 4. The second kappa shape index (κ2) is 3.40. The molecule has 56 valence electrons. The van der Waals surface area contributed by atoms with Gasteiger partial charge in [0.05, 0.1) is 6.54 Å². The molecule has 0 aliphatic heterocycles. The molecule has 1 aromatic heterocycles. The van der Waals surface area contributed by atoms with Gasteiger partial charge in [0.15, 0.2) is 6.33 Å². The molecule has 1 heterocycles. The van der Waals surface area contributed by atoms with Crippen LogP contribution in [0, 0.1) is 0 Å². The molecule has 0 saturated heterocycles. The van der Waals surface area contributed by atoms with Crippen molar-refractivity contribution in [2.24, 2.45) is 0 Å². The standard InChI is InChI=1S/C4H8N4OS/c1-10(9)3-2-8-6-4-5-7-8/h4H,2-3H2,1H3. The van der Waals surface area contributed by atoms with Gasteiger partial charge in [0.1, 0.15) is 0 Å². The maximum atomic E-state index is 10.6. The van der Waals surface area contributed by atoms with Crippen molar-refractivity contribution in [2.45, 2.75) is 6.54 Å². The molecule has 0 radical (unpaired) electrons. The second-order valence-electron chi connectivity index (χ2n) is 1.81. The highest BCUT2D eigenvalue weighted by atomic mass is 32.2. The van der Waals surface area contributed by atoms with Crippen molar-refractivity contribution in [1.29, 1.82) is 0 Å². The fourth-order valence-electron chi connectivity index (χ4n) is 0.501. The molecular formula is C4H8N4OS. The molecule has 0 spiro atoms. The van der Waals surface area contributed by atoms with Crippen LogP contribution in [0.1, 0.15) is 0 Å². The zero-order valence-corrected chi connectivity index (χ0v) is 6.41. The van der Waals surface area contributed by atoms with Crippen LogP contribution in [-0.2, 0) is 17.3 Å². The Bertz CT molecular complexity index is 209. The van der Waals surface area contributed by atoms with Crippen molar-refractivity contribution < 1.29 is 4.21 Å². The highest BCUT2D eigenvalue weighted by molar-refractivity contribution is 7.84. The molecule has 0 amide bonds. The monoisotopic (exact) mass is 160 g/mol. The zero-order chi connectivity index (χ0) is 7.40. The van der Waals surface area contributed by atoms with E-state index in [0.717, 1.165) is 0 Å². The normalized spacial score (nSPS) is 13.3. The van der Waals surface area contributed by atoms with E-state index in [4.69, 9.17) is 0 Å². The third-order valence-electron chi connectivity index (χ3n) is 0.970. The lowest BCUT2D eigenvalue weighted by atomic mass is 10.8. The van der Waals surface area contributed by atoms with E-state index in [-0.39, 0.29) is 0 Å². The first-order valence-corrected chi connectivity index (χ1v) is 4.52. The topological polar surface area (TPSA) is 60.7 Å². The molecule has 10 heavy (non-hydrogen) atoms. The molecular weight excluding hydrogens is 152 g/mol. The molecule has 0 N–H and O–H groups in total. The van der Waals surface area contributed by atoms with Crippen molar-refractivity contribution in [3.63, 3.8) is 0 Å². The van der Waals surface area contributed by atoms with Crippen LogP contribution in [0.3, 0.4) is 0 Å². The van der Waals surface area contributed by atoms with Gasteiger partial charge in [0, 0.05) is 22.8 Å². The first-order chi connectivity index (χ1) is 4.79. The van der Waals surface area contributed by atoms with Crippen LogP contribution in [0.25, 0.3) is 0 Å². The largest absolute Gasteiger partial charge is 0.260 e. The molecule has 1 unspecified atom stereocenters. The summed E-state index contributed by atoms with van der Waals surface area (Å²) in [6.07, 6.45) is 3.01. The van der Waals surface area contributed by atoms with Gasteiger partial charge in [-0.15, -0.1) is 10.2 Å². The van der Waals surface area contributed by atoms with Crippen LogP contribution in [0.2, 0.25) is 0 Å². The predicted octanol–water partition coefficient (Wildman–Crippen LogP) is -0.948. The number of hydrogen-bond acceptors (Lipinski definition) is 4. The fraction of sp³-hybridized carbons (Fsp3) is 0.750. The minimum absolute atomic E-state index is 0.573. The zero-order valence-electron chi connectivity index (χ0n) is 5.60. The van der Waals surface area contributed by atoms with Crippen LogP contribution in [0.15, 0.2) is 6.33 Å². The van der Waals surface area contributed by atoms with E-state index in [9.17, 15) is 4.21 Å². The molecule has 0 fully saturated rings. The van der Waals surface area contributed by atoms with E-state index < -0.39 is 10.8 Å². The molecule has 1 atom stereocenters. The average Bonchev–Trinajstić information content (AvgIpc) is 2.34. The van der Waals surface area contributed by atoms with Gasteiger partial charge in [0.2, 0.25) is 0 Å². The third-order valence-corrected chi connectivity index (χ3v) is 1.73. The summed E-state index contributed by atoms with van der Waals surface area (Å²) in [6, 6.07) is 0. The summed E-state index contributed by atoms with van der Waals surface area (Å²) in [5.74, 6) is 0.580. The molecule has 0 aliphatic carbocycles. The Labute approximate surface area is 60.9 Å². The molecule has 0 bridgehead atoms. The lowest BCUT2D eigenvalue weighted by molar-refractivity contribution is 0.553. The van der Waals surface area contributed by atoms with Gasteiger partial charge in [-0.25, -0.2) is 0 Å². The Kier molecular flexibility index (Phi) is 2.49. The third kappa shape index (κ3) is 2.22. The van der Waals surface area contributed by atoms with Crippen LogP contribution in [0.4, 0.5) is 0 Å². The van der Waals surface area contributed by atoms with Gasteiger partial charge in [-0.2, -0.15) is 4.80 Å². The van der Waals surface area contributed by atoms with Crippen molar-refractivity contribution in [2.75, 3.05) is 12.0 Å². The van der Waals surface area contributed by atoms with Crippen LogP contribution < -0.4 is 0 Å². The second-order valence-corrected chi connectivity index (χ2v) is 3.36. The van der Waals surface area contributed by atoms with E-state index >= 15 is 0 Å². The Balaban J connectivity index is 2.35. The summed E-state index contributed by atoms with van der Waals surface area (Å²) in [5, 5.41) is 10.9. The average molecular weight is 160 g/mol. The van der Waals surface area contributed by atoms with Gasteiger partial charge < -0.3 is 0 Å². The van der Waals surface area contributed by atoms with E-state index in [1.807, 2.05) is 0 Å². The Morgan fingerprint density at radius 2 is 2.50 bits per heavy atom. The van der Waals surface area contributed by atoms with Crippen LogP contribution >= 0.6 is 0 Å². The summed E-state index contributed by atoms with van der Waals surface area (Å²) in [6.45, 7) is 0.573. The SMILES string of the molecule is CS(=O)CCn1ncnn1. The number of aryl methyl sites for hydroxylation is 1. The quantitative estimate of drug-likeness (QED) is 0.572. The molecule has 0 aliphatic rings. The Hall–Kier alpha value is -0.780. The van der Waals surface area contributed by atoms with E-state index in [2.05, 4.69) is 15.4 Å². The summed E-state index contributed by atoms with van der Waals surface area (Å²) < 4.78 is 10.6. The highest BCUT2D eigenvalue weighted by Gasteiger charge is 1.93. The maximum Gasteiger partial charge on any atom is 0.162 e. The highest BCUT2D eigenvalue weighted by Crippen LogP contribution is 1.78. The summed E-state index contributed by atoms with van der Waals surface area (Å²) >= 11 is 0. The van der Waals surface area contributed by atoms with E-state index in [1.54, 1.807) is 6.26 Å². The van der Waals surface area contributed by atoms with Gasteiger partial charge in [-0.05, 0) is 5.21 Å². The molecule has 1 aromatic rings. The number of nitrogens with zero attached hydrogens (tertiary/aromatic N) is 4. The van der Waals surface area contributed by atoms with E-state index in [0.29, 0.717) is 12.3 Å². The van der Waals surface area contributed by atoms with Crippen molar-refractivity contribution >= 4 is 10.8 Å². The van der Waals surface area contributed by atoms with E-state index in [1.165, 1.54) is 11.1 Å². The minimum Gasteiger partial charge on any atom is -0.260 e. The van der Waals surface area contributed by atoms with Gasteiger partial charge >= 0.3 is 0 Å². The Morgan fingerprint density at radius 1 is 1.70 bits per heavy atom. The maximum absolute atomic E-state index is 10.6. The number of tetrazole rings is 1. The van der Waals surface area contributed by atoms with Crippen molar-refractivity contribution in [3.05, 3.63) is 6.33 Å². The summed E-state index contributed by atoms with van der Waals surface area (Å²) in [4.78, 5) is 1.42. The molecule has 0 saturated carbocycles. The fourth-order valence-corrected chi connectivity index (χ4v) is 0.922. The number of hydrogen-bond donors (Lipinski definition) is 0. The number of rotatable bonds is 3.